The zero-order chi connectivity index (χ0) is 14.1. The molecule has 0 spiro atoms. The van der Waals surface area contributed by atoms with Crippen LogP contribution < -0.4 is 10.6 Å². The highest BCUT2D eigenvalue weighted by atomic mass is 16.5. The number of rotatable bonds is 7. The standard InChI is InChI=1S/C14H22N2O3/c1-11(17)7-8-15-14(18)16-9-12-5-3-4-6-13(12)10-19-2/h3-6,11,17H,7-10H2,1-2H3,(H2,15,16,18). The third-order valence-electron chi connectivity index (χ3n) is 2.71. The van der Waals surface area contributed by atoms with Gasteiger partial charge in [0.25, 0.3) is 0 Å². The van der Waals surface area contributed by atoms with Crippen molar-refractivity contribution in [2.45, 2.75) is 32.6 Å². The molecule has 0 radical (unpaired) electrons. The molecule has 0 saturated heterocycles. The molecule has 106 valence electrons. The molecular weight excluding hydrogens is 244 g/mol. The minimum Gasteiger partial charge on any atom is -0.393 e. The van der Waals surface area contributed by atoms with Crippen molar-refractivity contribution in [2.24, 2.45) is 0 Å². The van der Waals surface area contributed by atoms with Gasteiger partial charge in [0.1, 0.15) is 0 Å². The number of nitrogens with one attached hydrogen (secondary N) is 2. The molecule has 5 nitrogen and oxygen atoms in total. The fourth-order valence-electron chi connectivity index (χ4n) is 1.66. The van der Waals surface area contributed by atoms with Crippen LogP contribution in [0.3, 0.4) is 0 Å². The quantitative estimate of drug-likeness (QED) is 0.698. The molecule has 1 rings (SSSR count). The van der Waals surface area contributed by atoms with Crippen molar-refractivity contribution in [1.29, 1.82) is 0 Å². The fraction of sp³-hybridized carbons (Fsp3) is 0.500. The Balaban J connectivity index is 2.37. The van der Waals surface area contributed by atoms with E-state index in [1.54, 1.807) is 14.0 Å². The number of benzene rings is 1. The van der Waals surface area contributed by atoms with Crippen molar-refractivity contribution < 1.29 is 14.6 Å². The zero-order valence-corrected chi connectivity index (χ0v) is 11.5. The zero-order valence-electron chi connectivity index (χ0n) is 11.5. The van der Waals surface area contributed by atoms with Crippen LogP contribution in [0.15, 0.2) is 24.3 Å². The number of aliphatic hydroxyl groups excluding tert-OH is 1. The van der Waals surface area contributed by atoms with Gasteiger partial charge in [-0.15, -0.1) is 0 Å². The lowest BCUT2D eigenvalue weighted by atomic mass is 10.1. The number of ether oxygens (including phenoxy) is 1. The van der Waals surface area contributed by atoms with E-state index in [4.69, 9.17) is 9.84 Å². The molecule has 1 unspecified atom stereocenters. The number of hydrogen-bond donors (Lipinski definition) is 3. The van der Waals surface area contributed by atoms with Gasteiger partial charge in [-0.05, 0) is 24.5 Å². The van der Waals surface area contributed by atoms with Gasteiger partial charge in [-0.2, -0.15) is 0 Å². The van der Waals surface area contributed by atoms with Crippen LogP contribution in [0.5, 0.6) is 0 Å². The predicted octanol–water partition coefficient (Wildman–Crippen LogP) is 1.40. The van der Waals surface area contributed by atoms with Crippen molar-refractivity contribution in [3.05, 3.63) is 35.4 Å². The first-order chi connectivity index (χ1) is 9.13. The first-order valence-electron chi connectivity index (χ1n) is 6.39. The lowest BCUT2D eigenvalue weighted by Crippen LogP contribution is -2.36. The summed E-state index contributed by atoms with van der Waals surface area (Å²) in [5.74, 6) is 0. The van der Waals surface area contributed by atoms with E-state index in [2.05, 4.69) is 10.6 Å². The van der Waals surface area contributed by atoms with Crippen LogP contribution in [0.1, 0.15) is 24.5 Å². The van der Waals surface area contributed by atoms with E-state index in [1.165, 1.54) is 0 Å². The summed E-state index contributed by atoms with van der Waals surface area (Å²) in [6.45, 7) is 3.14. The maximum Gasteiger partial charge on any atom is 0.315 e. The number of amides is 2. The highest BCUT2D eigenvalue weighted by molar-refractivity contribution is 5.73. The molecule has 0 aliphatic rings. The summed E-state index contributed by atoms with van der Waals surface area (Å²) in [4.78, 5) is 11.5. The van der Waals surface area contributed by atoms with Crippen molar-refractivity contribution in [2.75, 3.05) is 13.7 Å². The second-order valence-corrected chi connectivity index (χ2v) is 4.45. The van der Waals surface area contributed by atoms with E-state index in [9.17, 15) is 4.79 Å². The fourth-order valence-corrected chi connectivity index (χ4v) is 1.66. The van der Waals surface area contributed by atoms with Crippen LogP contribution in [0, 0.1) is 0 Å². The number of carbonyl (C=O) groups excluding carboxylic acids is 1. The first-order valence-corrected chi connectivity index (χ1v) is 6.39. The SMILES string of the molecule is COCc1ccccc1CNC(=O)NCCC(C)O. The van der Waals surface area contributed by atoms with E-state index < -0.39 is 6.10 Å². The predicted molar refractivity (Wildman–Crippen MR) is 73.7 cm³/mol. The van der Waals surface area contributed by atoms with E-state index >= 15 is 0 Å². The van der Waals surface area contributed by atoms with Crippen molar-refractivity contribution in [3.8, 4) is 0 Å². The Kier molecular flexibility index (Phi) is 6.92. The Morgan fingerprint density at radius 2 is 2.00 bits per heavy atom. The van der Waals surface area contributed by atoms with Crippen molar-refractivity contribution in [3.63, 3.8) is 0 Å². The van der Waals surface area contributed by atoms with E-state index in [0.29, 0.717) is 26.1 Å². The summed E-state index contributed by atoms with van der Waals surface area (Å²) in [6, 6.07) is 7.59. The molecule has 0 fully saturated rings. The number of urea groups is 1. The molecule has 19 heavy (non-hydrogen) atoms. The topological polar surface area (TPSA) is 70.6 Å². The number of methoxy groups -OCH3 is 1. The minimum atomic E-state index is -0.400. The van der Waals surface area contributed by atoms with Gasteiger partial charge in [-0.1, -0.05) is 24.3 Å². The minimum absolute atomic E-state index is 0.229. The summed E-state index contributed by atoms with van der Waals surface area (Å²) in [5, 5.41) is 14.6. The molecule has 0 heterocycles. The molecule has 2 amide bonds. The van der Waals surface area contributed by atoms with Crippen molar-refractivity contribution >= 4 is 6.03 Å². The van der Waals surface area contributed by atoms with Gasteiger partial charge in [0.05, 0.1) is 12.7 Å². The van der Waals surface area contributed by atoms with Gasteiger partial charge >= 0.3 is 6.03 Å². The Bertz CT molecular complexity index is 394. The highest BCUT2D eigenvalue weighted by Crippen LogP contribution is 2.09. The molecule has 0 saturated carbocycles. The molecule has 1 atom stereocenters. The lowest BCUT2D eigenvalue weighted by molar-refractivity contribution is 0.182. The van der Waals surface area contributed by atoms with Crippen LogP contribution in [0.25, 0.3) is 0 Å². The molecule has 0 aromatic heterocycles. The van der Waals surface area contributed by atoms with Gasteiger partial charge in [-0.3, -0.25) is 0 Å². The van der Waals surface area contributed by atoms with E-state index in [0.717, 1.165) is 11.1 Å². The maximum atomic E-state index is 11.5. The van der Waals surface area contributed by atoms with Crippen LogP contribution in [-0.2, 0) is 17.9 Å². The average Bonchev–Trinajstić information content (AvgIpc) is 2.37. The summed E-state index contributed by atoms with van der Waals surface area (Å²) >= 11 is 0. The summed E-state index contributed by atoms with van der Waals surface area (Å²) in [7, 11) is 1.65. The normalized spacial score (nSPS) is 11.9. The van der Waals surface area contributed by atoms with Gasteiger partial charge in [0.15, 0.2) is 0 Å². The van der Waals surface area contributed by atoms with Gasteiger partial charge < -0.3 is 20.5 Å². The molecule has 0 aliphatic carbocycles. The summed E-state index contributed by atoms with van der Waals surface area (Å²) < 4.78 is 5.11. The van der Waals surface area contributed by atoms with Crippen LogP contribution >= 0.6 is 0 Å². The lowest BCUT2D eigenvalue weighted by Gasteiger charge is -2.11. The van der Waals surface area contributed by atoms with Gasteiger partial charge in [-0.25, -0.2) is 4.79 Å². The maximum absolute atomic E-state index is 11.5. The second kappa shape index (κ2) is 8.50. The first kappa shape index (κ1) is 15.5. The monoisotopic (exact) mass is 266 g/mol. The molecule has 1 aromatic rings. The number of carbonyl (C=O) groups is 1. The second-order valence-electron chi connectivity index (χ2n) is 4.45. The van der Waals surface area contributed by atoms with Gasteiger partial charge in [0.2, 0.25) is 0 Å². The van der Waals surface area contributed by atoms with Crippen LogP contribution in [0.4, 0.5) is 4.79 Å². The number of aliphatic hydroxyl groups is 1. The molecule has 0 aliphatic heterocycles. The van der Waals surface area contributed by atoms with Crippen molar-refractivity contribution in [1.82, 2.24) is 10.6 Å². The molecule has 3 N–H and O–H groups in total. The Morgan fingerprint density at radius 3 is 2.63 bits per heavy atom. The van der Waals surface area contributed by atoms with E-state index in [1.807, 2.05) is 24.3 Å². The Morgan fingerprint density at radius 1 is 1.32 bits per heavy atom. The van der Waals surface area contributed by atoms with E-state index in [-0.39, 0.29) is 6.03 Å². The third-order valence-corrected chi connectivity index (χ3v) is 2.71. The Labute approximate surface area is 114 Å². The molecule has 5 heteroatoms. The number of hydrogen-bond acceptors (Lipinski definition) is 3. The third kappa shape index (κ3) is 6.22. The summed E-state index contributed by atoms with van der Waals surface area (Å²) in [5.41, 5.74) is 2.10. The van der Waals surface area contributed by atoms with Gasteiger partial charge in [0, 0.05) is 20.2 Å². The molecule has 1 aromatic carbocycles. The molecule has 0 bridgehead atoms. The largest absolute Gasteiger partial charge is 0.393 e. The highest BCUT2D eigenvalue weighted by Gasteiger charge is 2.04. The smallest absolute Gasteiger partial charge is 0.315 e. The average molecular weight is 266 g/mol. The summed E-state index contributed by atoms with van der Waals surface area (Å²) in [6.07, 6.45) is 0.149. The van der Waals surface area contributed by atoms with Crippen LogP contribution in [0.2, 0.25) is 0 Å². The Hall–Kier alpha value is -1.59. The molecular formula is C14H22N2O3. The van der Waals surface area contributed by atoms with Crippen LogP contribution in [-0.4, -0.2) is 30.9 Å².